The van der Waals surface area contributed by atoms with Gasteiger partial charge in [0.25, 0.3) is 11.8 Å². The van der Waals surface area contributed by atoms with E-state index in [1.54, 1.807) is 59.8 Å². The molecule has 2 aromatic carbocycles. The van der Waals surface area contributed by atoms with Gasteiger partial charge >= 0.3 is 0 Å². The Morgan fingerprint density at radius 3 is 2.87 bits per heavy atom. The van der Waals surface area contributed by atoms with Gasteiger partial charge in [-0.3, -0.25) is 13.6 Å². The van der Waals surface area contributed by atoms with Crippen LogP contribution in [0.2, 0.25) is 0 Å². The Balaban J connectivity index is 1.41. The fourth-order valence-corrected chi connectivity index (χ4v) is 5.59. The minimum absolute atomic E-state index is 0.207. The third-order valence-corrected chi connectivity index (χ3v) is 7.27. The zero-order chi connectivity index (χ0) is 20.8. The van der Waals surface area contributed by atoms with E-state index >= 15 is 0 Å². The van der Waals surface area contributed by atoms with E-state index in [4.69, 9.17) is 0 Å². The van der Waals surface area contributed by atoms with Crippen molar-refractivity contribution in [3.8, 4) is 0 Å². The quantitative estimate of drug-likeness (QED) is 0.533. The van der Waals surface area contributed by atoms with Crippen LogP contribution in [0, 0.1) is 0 Å². The third-order valence-electron chi connectivity index (χ3n) is 4.84. The number of amides is 2. The lowest BCUT2D eigenvalue weighted by atomic mass is 10.1. The second-order valence-electron chi connectivity index (χ2n) is 6.87. The molecule has 3 heterocycles. The summed E-state index contributed by atoms with van der Waals surface area (Å²) in [6.07, 6.45) is 1.60. The van der Waals surface area contributed by atoms with E-state index < -0.39 is 11.0 Å². The summed E-state index contributed by atoms with van der Waals surface area (Å²) in [5, 5.41) is 3.61. The summed E-state index contributed by atoms with van der Waals surface area (Å²) in [6, 6.07) is 16.0. The molecule has 150 valence electrons. The number of hydrogen-bond acceptors (Lipinski definition) is 5. The molecule has 1 aliphatic rings. The van der Waals surface area contributed by atoms with Crippen molar-refractivity contribution in [3.05, 3.63) is 77.1 Å². The molecule has 9 heteroatoms. The van der Waals surface area contributed by atoms with Gasteiger partial charge in [-0.1, -0.05) is 12.1 Å². The van der Waals surface area contributed by atoms with E-state index in [0.29, 0.717) is 28.4 Å². The summed E-state index contributed by atoms with van der Waals surface area (Å²) >= 11 is 1.55. The van der Waals surface area contributed by atoms with Crippen LogP contribution in [-0.4, -0.2) is 36.9 Å². The van der Waals surface area contributed by atoms with Crippen LogP contribution in [0.25, 0.3) is 10.2 Å². The molecule has 0 bridgehead atoms. The number of anilines is 1. The van der Waals surface area contributed by atoms with Crippen LogP contribution in [0.3, 0.4) is 0 Å². The van der Waals surface area contributed by atoms with Crippen molar-refractivity contribution in [2.24, 2.45) is 0 Å². The van der Waals surface area contributed by atoms with Gasteiger partial charge in [0.2, 0.25) is 0 Å². The maximum Gasteiger partial charge on any atom is 0.273 e. The van der Waals surface area contributed by atoms with E-state index in [2.05, 4.69) is 10.3 Å². The van der Waals surface area contributed by atoms with Crippen LogP contribution in [0.5, 0.6) is 0 Å². The minimum Gasteiger partial charge on any atom is -0.335 e. The number of nitrogens with zero attached hydrogens (tertiary/aromatic N) is 3. The van der Waals surface area contributed by atoms with Crippen molar-refractivity contribution in [1.29, 1.82) is 0 Å². The summed E-state index contributed by atoms with van der Waals surface area (Å²) in [5.41, 5.74) is 2.00. The van der Waals surface area contributed by atoms with Crippen molar-refractivity contribution in [3.63, 3.8) is 0 Å². The Bertz CT molecular complexity index is 1310. The first-order valence-corrected chi connectivity index (χ1v) is 11.1. The number of thiazole rings is 1. The van der Waals surface area contributed by atoms with Crippen LogP contribution in [0.15, 0.2) is 65.7 Å². The molecule has 1 aliphatic heterocycles. The Hall–Kier alpha value is -3.30. The molecule has 0 fully saturated rings. The van der Waals surface area contributed by atoms with Crippen molar-refractivity contribution in [1.82, 2.24) is 13.9 Å². The van der Waals surface area contributed by atoms with Gasteiger partial charge in [0.05, 0.1) is 27.3 Å². The number of para-hydroxylation sites is 1. The second kappa shape index (κ2) is 7.19. The van der Waals surface area contributed by atoms with Crippen molar-refractivity contribution in [2.75, 3.05) is 12.4 Å². The number of hydrogen-bond donors (Lipinski definition) is 1. The summed E-state index contributed by atoms with van der Waals surface area (Å²) in [5.74, 6) is -0.569. The Kier molecular flexibility index (Phi) is 4.48. The highest BCUT2D eigenvalue weighted by molar-refractivity contribution is 7.83. The lowest BCUT2D eigenvalue weighted by Crippen LogP contribution is -2.26. The highest BCUT2D eigenvalue weighted by Gasteiger charge is 2.25. The number of fused-ring (bicyclic) bond motifs is 3. The average Bonchev–Trinajstić information content (AvgIpc) is 3.37. The molecular weight excluding hydrogens is 420 g/mol. The summed E-state index contributed by atoms with van der Waals surface area (Å²) < 4.78 is 15.4. The van der Waals surface area contributed by atoms with Gasteiger partial charge in [-0.2, -0.15) is 0 Å². The van der Waals surface area contributed by atoms with Gasteiger partial charge in [0.1, 0.15) is 10.7 Å². The number of benzene rings is 2. The van der Waals surface area contributed by atoms with Crippen LogP contribution in [0.1, 0.15) is 25.9 Å². The highest BCUT2D eigenvalue weighted by Crippen LogP contribution is 2.28. The highest BCUT2D eigenvalue weighted by atomic mass is 32.2. The first-order valence-electron chi connectivity index (χ1n) is 9.16. The predicted molar refractivity (Wildman–Crippen MR) is 116 cm³/mol. The van der Waals surface area contributed by atoms with Crippen molar-refractivity contribution in [2.45, 2.75) is 11.4 Å². The maximum absolute atomic E-state index is 13.0. The Labute approximate surface area is 178 Å². The Morgan fingerprint density at radius 2 is 2.03 bits per heavy atom. The molecule has 0 radical (unpaired) electrons. The molecule has 2 amide bonds. The van der Waals surface area contributed by atoms with Crippen LogP contribution in [0.4, 0.5) is 5.69 Å². The first-order chi connectivity index (χ1) is 14.5. The van der Waals surface area contributed by atoms with Gasteiger partial charge in [-0.25, -0.2) is 9.19 Å². The molecule has 1 N–H and O–H groups in total. The van der Waals surface area contributed by atoms with Crippen LogP contribution >= 0.6 is 11.3 Å². The number of carbonyl (C=O) groups is 2. The standard InChI is InChI=1S/C21H16N4O3S2/c1-24(12-19-22-14-5-2-3-7-17(14)29-19)21(27)13-8-9-18-15(11-13)23-20(26)16-6-4-10-25(16)30(18)28/h2-11H,12H2,1H3,(H,23,26). The zero-order valence-electron chi connectivity index (χ0n) is 15.9. The van der Waals surface area contributed by atoms with Gasteiger partial charge in [-0.05, 0) is 42.5 Å². The van der Waals surface area contributed by atoms with Crippen LogP contribution in [-0.2, 0) is 17.5 Å². The molecule has 1 unspecified atom stereocenters. The number of aromatic nitrogens is 2. The van der Waals surface area contributed by atoms with Gasteiger partial charge in [0.15, 0.2) is 11.0 Å². The van der Waals surface area contributed by atoms with Crippen molar-refractivity contribution >= 4 is 50.0 Å². The second-order valence-corrected chi connectivity index (χ2v) is 9.32. The smallest absolute Gasteiger partial charge is 0.273 e. The molecule has 30 heavy (non-hydrogen) atoms. The number of rotatable bonds is 3. The lowest BCUT2D eigenvalue weighted by molar-refractivity contribution is 0.0784. The van der Waals surface area contributed by atoms with E-state index in [-0.39, 0.29) is 11.8 Å². The number of carbonyl (C=O) groups excluding carboxylic acids is 2. The topological polar surface area (TPSA) is 84.3 Å². The van der Waals surface area contributed by atoms with E-state index in [9.17, 15) is 13.8 Å². The average molecular weight is 437 g/mol. The number of nitrogens with one attached hydrogen (secondary N) is 1. The normalized spacial score (nSPS) is 15.2. The maximum atomic E-state index is 13.0. The fraction of sp³-hybridized carbons (Fsp3) is 0.0952. The lowest BCUT2D eigenvalue weighted by Gasteiger charge is -2.17. The minimum atomic E-state index is -1.57. The molecule has 5 rings (SSSR count). The van der Waals surface area contributed by atoms with Gasteiger partial charge < -0.3 is 10.2 Å². The molecule has 0 aliphatic carbocycles. The van der Waals surface area contributed by atoms with E-state index in [1.807, 2.05) is 24.3 Å². The summed E-state index contributed by atoms with van der Waals surface area (Å²) in [4.78, 5) is 32.0. The fourth-order valence-electron chi connectivity index (χ4n) is 3.37. The molecule has 0 saturated carbocycles. The van der Waals surface area contributed by atoms with E-state index in [0.717, 1.165) is 15.2 Å². The van der Waals surface area contributed by atoms with Gasteiger partial charge in [-0.15, -0.1) is 11.3 Å². The molecule has 2 aromatic heterocycles. The SMILES string of the molecule is CN(Cc1nc2ccccc2s1)C(=O)c1ccc2c(c1)NC(=O)c1cccn1S2=O. The molecule has 1 atom stereocenters. The molecule has 7 nitrogen and oxygen atoms in total. The first kappa shape index (κ1) is 18.7. The summed E-state index contributed by atoms with van der Waals surface area (Å²) in [6.45, 7) is 0.374. The van der Waals surface area contributed by atoms with Gasteiger partial charge in [0, 0.05) is 18.8 Å². The van der Waals surface area contributed by atoms with E-state index in [1.165, 1.54) is 3.97 Å². The molecule has 0 saturated heterocycles. The summed E-state index contributed by atoms with van der Waals surface area (Å²) in [7, 11) is 0.141. The third kappa shape index (κ3) is 3.12. The molecular formula is C21H16N4O3S2. The van der Waals surface area contributed by atoms with Crippen molar-refractivity contribution < 1.29 is 13.8 Å². The Morgan fingerprint density at radius 1 is 1.20 bits per heavy atom. The molecule has 0 spiro atoms. The predicted octanol–water partition coefficient (Wildman–Crippen LogP) is 3.51. The zero-order valence-corrected chi connectivity index (χ0v) is 17.5. The monoisotopic (exact) mass is 436 g/mol. The molecule has 4 aromatic rings. The van der Waals surface area contributed by atoms with Crippen LogP contribution < -0.4 is 5.32 Å². The largest absolute Gasteiger partial charge is 0.335 e.